The lowest BCUT2D eigenvalue weighted by molar-refractivity contribution is -0.173. The molecule has 1 saturated heterocycles. The van der Waals surface area contributed by atoms with Crippen molar-refractivity contribution in [1.82, 2.24) is 10.2 Å². The molecule has 0 radical (unpaired) electrons. The van der Waals surface area contributed by atoms with Gasteiger partial charge in [0, 0.05) is 0 Å². The van der Waals surface area contributed by atoms with Gasteiger partial charge in [0.15, 0.2) is 0 Å². The standard InChI is InChI=1S/C10H15F3N2O2/c1-3-4-7-9(17)15(5-10(11,12)13)6(2)8(16)14-7/h6-7H,3-5H2,1-2H3,(H,14,16). The van der Waals surface area contributed by atoms with Gasteiger partial charge >= 0.3 is 6.18 Å². The number of amides is 2. The Kier molecular flexibility index (Phi) is 4.00. The van der Waals surface area contributed by atoms with Crippen LogP contribution in [-0.4, -0.2) is 41.5 Å². The number of halogens is 3. The molecule has 0 saturated carbocycles. The van der Waals surface area contributed by atoms with Crippen LogP contribution in [-0.2, 0) is 9.59 Å². The molecular formula is C10H15F3N2O2. The van der Waals surface area contributed by atoms with Crippen LogP contribution in [0.2, 0.25) is 0 Å². The number of hydrogen-bond acceptors (Lipinski definition) is 2. The third-order valence-electron chi connectivity index (χ3n) is 2.67. The number of carbonyl (C=O) groups excluding carboxylic acids is 2. The molecular weight excluding hydrogens is 237 g/mol. The minimum atomic E-state index is -4.49. The highest BCUT2D eigenvalue weighted by Crippen LogP contribution is 2.21. The molecule has 1 aliphatic heterocycles. The Bertz CT molecular complexity index is 317. The van der Waals surface area contributed by atoms with Crippen molar-refractivity contribution in [2.24, 2.45) is 0 Å². The normalized spacial score (nSPS) is 26.1. The first-order valence-corrected chi connectivity index (χ1v) is 5.44. The zero-order chi connectivity index (χ0) is 13.2. The molecule has 2 atom stereocenters. The van der Waals surface area contributed by atoms with E-state index in [1.807, 2.05) is 0 Å². The van der Waals surface area contributed by atoms with Crippen molar-refractivity contribution in [2.75, 3.05) is 6.54 Å². The zero-order valence-electron chi connectivity index (χ0n) is 9.67. The van der Waals surface area contributed by atoms with E-state index in [1.54, 1.807) is 6.92 Å². The topological polar surface area (TPSA) is 49.4 Å². The second-order valence-electron chi connectivity index (χ2n) is 4.11. The Hall–Kier alpha value is -1.27. The molecule has 0 aromatic rings. The molecule has 0 aromatic carbocycles. The zero-order valence-corrected chi connectivity index (χ0v) is 9.67. The predicted molar refractivity (Wildman–Crippen MR) is 54.1 cm³/mol. The van der Waals surface area contributed by atoms with Crippen molar-refractivity contribution in [3.05, 3.63) is 0 Å². The summed E-state index contributed by atoms with van der Waals surface area (Å²) in [7, 11) is 0. The highest BCUT2D eigenvalue weighted by Gasteiger charge is 2.43. The smallest absolute Gasteiger partial charge is 0.343 e. The van der Waals surface area contributed by atoms with E-state index in [9.17, 15) is 22.8 Å². The van der Waals surface area contributed by atoms with Gasteiger partial charge in [0.25, 0.3) is 0 Å². The second kappa shape index (κ2) is 4.93. The van der Waals surface area contributed by atoms with Crippen LogP contribution in [0.5, 0.6) is 0 Å². The molecule has 1 N–H and O–H groups in total. The van der Waals surface area contributed by atoms with Gasteiger partial charge in [0.05, 0.1) is 0 Å². The van der Waals surface area contributed by atoms with E-state index in [2.05, 4.69) is 5.32 Å². The molecule has 1 aliphatic rings. The predicted octanol–water partition coefficient (Wildman–Crippen LogP) is 1.06. The summed E-state index contributed by atoms with van der Waals surface area (Å²) in [5.41, 5.74) is 0. The molecule has 1 heterocycles. The first-order chi connectivity index (χ1) is 7.76. The van der Waals surface area contributed by atoms with Crippen molar-refractivity contribution in [3.63, 3.8) is 0 Å². The lowest BCUT2D eigenvalue weighted by Gasteiger charge is -2.37. The fraction of sp³-hybridized carbons (Fsp3) is 0.800. The Morgan fingerprint density at radius 3 is 2.41 bits per heavy atom. The summed E-state index contributed by atoms with van der Waals surface area (Å²) in [4.78, 5) is 23.8. The molecule has 0 spiro atoms. The number of hydrogen-bond donors (Lipinski definition) is 1. The minimum Gasteiger partial charge on any atom is -0.343 e. The summed E-state index contributed by atoms with van der Waals surface area (Å²) in [6, 6.07) is -1.90. The van der Waals surface area contributed by atoms with E-state index >= 15 is 0 Å². The van der Waals surface area contributed by atoms with E-state index in [4.69, 9.17) is 0 Å². The van der Waals surface area contributed by atoms with Crippen molar-refractivity contribution >= 4 is 11.8 Å². The molecule has 0 aromatic heterocycles. The van der Waals surface area contributed by atoms with Crippen LogP contribution in [0.4, 0.5) is 13.2 Å². The van der Waals surface area contributed by atoms with Crippen molar-refractivity contribution < 1.29 is 22.8 Å². The average molecular weight is 252 g/mol. The Balaban J connectivity index is 2.84. The number of alkyl halides is 3. The molecule has 0 bridgehead atoms. The molecule has 98 valence electrons. The summed E-state index contributed by atoms with van der Waals surface area (Å²) < 4.78 is 36.9. The van der Waals surface area contributed by atoms with Gasteiger partial charge in [0.1, 0.15) is 18.6 Å². The number of piperazine rings is 1. The highest BCUT2D eigenvalue weighted by atomic mass is 19.4. The second-order valence-corrected chi connectivity index (χ2v) is 4.11. The van der Waals surface area contributed by atoms with Crippen LogP contribution in [0, 0.1) is 0 Å². The molecule has 7 heteroatoms. The maximum atomic E-state index is 12.3. The fourth-order valence-electron chi connectivity index (χ4n) is 1.78. The molecule has 1 rings (SSSR count). The van der Waals surface area contributed by atoms with E-state index in [1.165, 1.54) is 6.92 Å². The van der Waals surface area contributed by atoms with Gasteiger partial charge in [-0.25, -0.2) is 0 Å². The number of nitrogens with zero attached hydrogens (tertiary/aromatic N) is 1. The van der Waals surface area contributed by atoms with E-state index in [-0.39, 0.29) is 0 Å². The van der Waals surface area contributed by atoms with Gasteiger partial charge in [0.2, 0.25) is 11.8 Å². The van der Waals surface area contributed by atoms with Gasteiger partial charge in [-0.15, -0.1) is 0 Å². The van der Waals surface area contributed by atoms with Crippen LogP contribution in [0.1, 0.15) is 26.7 Å². The third-order valence-corrected chi connectivity index (χ3v) is 2.67. The van der Waals surface area contributed by atoms with E-state index < -0.39 is 36.6 Å². The summed E-state index contributed by atoms with van der Waals surface area (Å²) in [5, 5.41) is 2.44. The summed E-state index contributed by atoms with van der Waals surface area (Å²) in [6.07, 6.45) is -3.52. The van der Waals surface area contributed by atoms with Crippen LogP contribution < -0.4 is 5.32 Å². The molecule has 2 amide bonds. The maximum absolute atomic E-state index is 12.3. The Labute approximate surface area is 97.1 Å². The fourth-order valence-corrected chi connectivity index (χ4v) is 1.78. The SMILES string of the molecule is CCCC1NC(=O)C(C)N(CC(F)(F)F)C1=O. The molecule has 1 fully saturated rings. The van der Waals surface area contributed by atoms with E-state index in [0.29, 0.717) is 17.7 Å². The van der Waals surface area contributed by atoms with Gasteiger partial charge in [-0.05, 0) is 13.3 Å². The monoisotopic (exact) mass is 252 g/mol. The summed E-state index contributed by atoms with van der Waals surface area (Å²) in [5.74, 6) is -1.19. The summed E-state index contributed by atoms with van der Waals surface area (Å²) >= 11 is 0. The molecule has 4 nitrogen and oxygen atoms in total. The van der Waals surface area contributed by atoms with Crippen molar-refractivity contribution in [1.29, 1.82) is 0 Å². The molecule has 2 unspecified atom stereocenters. The van der Waals surface area contributed by atoms with E-state index in [0.717, 1.165) is 0 Å². The third kappa shape index (κ3) is 3.34. The Morgan fingerprint density at radius 2 is 1.94 bits per heavy atom. The lowest BCUT2D eigenvalue weighted by Crippen LogP contribution is -2.63. The molecule has 17 heavy (non-hydrogen) atoms. The summed E-state index contributed by atoms with van der Waals surface area (Å²) in [6.45, 7) is 1.72. The van der Waals surface area contributed by atoms with Crippen LogP contribution in [0.25, 0.3) is 0 Å². The minimum absolute atomic E-state index is 0.353. The van der Waals surface area contributed by atoms with Crippen LogP contribution >= 0.6 is 0 Å². The number of rotatable bonds is 3. The average Bonchev–Trinajstić information content (AvgIpc) is 2.20. The Morgan fingerprint density at radius 1 is 1.35 bits per heavy atom. The lowest BCUT2D eigenvalue weighted by atomic mass is 10.0. The van der Waals surface area contributed by atoms with Gasteiger partial charge in [-0.1, -0.05) is 13.3 Å². The van der Waals surface area contributed by atoms with Crippen molar-refractivity contribution in [2.45, 2.75) is 44.9 Å². The van der Waals surface area contributed by atoms with Gasteiger partial charge < -0.3 is 10.2 Å². The van der Waals surface area contributed by atoms with Crippen LogP contribution in [0.15, 0.2) is 0 Å². The highest BCUT2D eigenvalue weighted by molar-refractivity contribution is 5.96. The first-order valence-electron chi connectivity index (χ1n) is 5.44. The first kappa shape index (κ1) is 13.8. The quantitative estimate of drug-likeness (QED) is 0.816. The van der Waals surface area contributed by atoms with Crippen molar-refractivity contribution in [3.8, 4) is 0 Å². The van der Waals surface area contributed by atoms with Gasteiger partial charge in [-0.2, -0.15) is 13.2 Å². The van der Waals surface area contributed by atoms with Gasteiger partial charge in [-0.3, -0.25) is 9.59 Å². The largest absolute Gasteiger partial charge is 0.406 e. The number of nitrogens with one attached hydrogen (secondary N) is 1. The number of carbonyl (C=O) groups is 2. The molecule has 0 aliphatic carbocycles. The van der Waals surface area contributed by atoms with Crippen LogP contribution in [0.3, 0.4) is 0 Å². The maximum Gasteiger partial charge on any atom is 0.406 e.